The Morgan fingerprint density at radius 3 is 1.30 bits per heavy atom. The van der Waals surface area contributed by atoms with Crippen LogP contribution in [-0.2, 0) is 12.4 Å². The first-order chi connectivity index (χ1) is 20.8. The Bertz CT molecular complexity index is 1440. The van der Waals surface area contributed by atoms with Crippen LogP contribution in [0.3, 0.4) is 0 Å². The van der Waals surface area contributed by atoms with E-state index in [-0.39, 0.29) is 59.9 Å². The van der Waals surface area contributed by atoms with Gasteiger partial charge in [0.1, 0.15) is 0 Å². The predicted octanol–water partition coefficient (Wildman–Crippen LogP) is 6.70. The smallest absolute Gasteiger partial charge is 0.329 e. The molecule has 252 valence electrons. The molecule has 4 heterocycles. The minimum atomic E-state index is -4.49. The maximum atomic E-state index is 13.5. The van der Waals surface area contributed by atoms with Gasteiger partial charge in [-0.2, -0.15) is 26.3 Å². The van der Waals surface area contributed by atoms with E-state index < -0.39 is 35.3 Å². The first kappa shape index (κ1) is 34.8. The van der Waals surface area contributed by atoms with Gasteiger partial charge in [-0.1, -0.05) is 26.0 Å². The first-order valence-electron chi connectivity index (χ1n) is 15.3. The van der Waals surface area contributed by atoms with Gasteiger partial charge in [-0.15, -0.1) is 24.8 Å². The minimum Gasteiger partial charge on any atom is -0.329 e. The molecule has 0 aromatic heterocycles. The second kappa shape index (κ2) is 12.2. The molecule has 2 aliphatic carbocycles. The number of benzene rings is 2. The van der Waals surface area contributed by atoms with E-state index in [1.807, 2.05) is 26.0 Å². The number of carbonyl (C=O) groups is 2. The van der Waals surface area contributed by atoms with Crippen LogP contribution in [0.15, 0.2) is 24.3 Å². The highest BCUT2D eigenvalue weighted by atomic mass is 35.5. The van der Waals surface area contributed by atoms with E-state index in [1.165, 1.54) is 12.1 Å². The van der Waals surface area contributed by atoms with Gasteiger partial charge < -0.3 is 20.4 Å². The predicted molar refractivity (Wildman–Crippen MR) is 164 cm³/mol. The zero-order valence-corrected chi connectivity index (χ0v) is 26.9. The highest BCUT2D eigenvalue weighted by Crippen LogP contribution is 2.52. The Hall–Kier alpha value is -2.54. The summed E-state index contributed by atoms with van der Waals surface area (Å²) in [5.41, 5.74) is 0.827. The number of nitrogens with zero attached hydrogens (tertiary/aromatic N) is 2. The number of piperazine rings is 2. The van der Waals surface area contributed by atoms with Gasteiger partial charge in [-0.3, -0.25) is 9.59 Å². The number of hydrogen-bond donors (Lipinski definition) is 2. The van der Waals surface area contributed by atoms with Crippen LogP contribution >= 0.6 is 24.8 Å². The fraction of sp³-hybridized carbons (Fsp3) is 0.562. The summed E-state index contributed by atoms with van der Waals surface area (Å²) in [7, 11) is 0. The third-order valence-electron chi connectivity index (χ3n) is 10.2. The Morgan fingerprint density at radius 1 is 0.652 bits per heavy atom. The zero-order valence-electron chi connectivity index (χ0n) is 25.2. The highest BCUT2D eigenvalue weighted by molar-refractivity contribution is 6.02. The molecular formula is C32H36Cl2F6N4O2. The number of amides is 2. The molecule has 0 bridgehead atoms. The summed E-state index contributed by atoms with van der Waals surface area (Å²) in [6.07, 6.45) is -7.13. The number of halogens is 8. The van der Waals surface area contributed by atoms with Crippen molar-refractivity contribution in [1.29, 1.82) is 0 Å². The van der Waals surface area contributed by atoms with E-state index in [9.17, 15) is 35.9 Å². The normalized spacial score (nSPS) is 29.0. The van der Waals surface area contributed by atoms with Gasteiger partial charge in [-0.25, -0.2) is 0 Å². The van der Waals surface area contributed by atoms with Crippen LogP contribution in [0, 0.1) is 11.8 Å². The quantitative estimate of drug-likeness (QED) is 0.344. The Labute approximate surface area is 275 Å². The number of fused-ring (bicyclic) bond motifs is 6. The number of carbonyl (C=O) groups excluding carboxylic acids is 2. The van der Waals surface area contributed by atoms with Crippen LogP contribution in [-0.4, -0.2) is 60.9 Å². The van der Waals surface area contributed by atoms with Crippen molar-refractivity contribution in [2.75, 3.05) is 39.3 Å². The topological polar surface area (TPSA) is 64.7 Å². The molecule has 0 radical (unpaired) electrons. The van der Waals surface area contributed by atoms with Crippen molar-refractivity contribution in [2.24, 2.45) is 11.8 Å². The molecule has 14 heteroatoms. The Kier molecular flexibility index (Phi) is 9.20. The fourth-order valence-corrected chi connectivity index (χ4v) is 7.56. The van der Waals surface area contributed by atoms with Crippen LogP contribution in [0.1, 0.15) is 105 Å². The van der Waals surface area contributed by atoms with Crippen LogP contribution in [0.5, 0.6) is 0 Å². The molecule has 4 aliphatic heterocycles. The maximum absolute atomic E-state index is 13.5. The lowest BCUT2D eigenvalue weighted by Crippen LogP contribution is -2.44. The van der Waals surface area contributed by atoms with Gasteiger partial charge in [0.25, 0.3) is 11.8 Å². The van der Waals surface area contributed by atoms with Gasteiger partial charge in [-0.05, 0) is 70.9 Å². The van der Waals surface area contributed by atoms with Gasteiger partial charge in [0, 0.05) is 39.3 Å². The zero-order chi connectivity index (χ0) is 31.3. The molecule has 2 amide bonds. The van der Waals surface area contributed by atoms with Crippen molar-refractivity contribution in [3.05, 3.63) is 68.8 Å². The van der Waals surface area contributed by atoms with Crippen molar-refractivity contribution in [3.63, 3.8) is 0 Å². The molecule has 6 nitrogen and oxygen atoms in total. The first-order valence-corrected chi connectivity index (χ1v) is 15.3. The number of alkyl halides is 6. The average Bonchev–Trinajstić information content (AvgIpc) is 3.86. The molecule has 2 aromatic rings. The lowest BCUT2D eigenvalue weighted by Gasteiger charge is -2.30. The van der Waals surface area contributed by atoms with Gasteiger partial charge >= 0.3 is 12.4 Å². The second-order valence-electron chi connectivity index (χ2n) is 13.1. The van der Waals surface area contributed by atoms with Crippen LogP contribution in [0.25, 0.3) is 0 Å². The molecule has 4 fully saturated rings. The lowest BCUT2D eigenvalue weighted by molar-refractivity contribution is -0.138. The molecule has 6 aliphatic rings. The van der Waals surface area contributed by atoms with E-state index in [4.69, 9.17) is 0 Å². The van der Waals surface area contributed by atoms with Crippen molar-refractivity contribution in [1.82, 2.24) is 20.4 Å². The summed E-state index contributed by atoms with van der Waals surface area (Å²) in [6.45, 7) is 7.33. The molecular weight excluding hydrogens is 657 g/mol. The summed E-state index contributed by atoms with van der Waals surface area (Å²) in [4.78, 5) is 28.1. The lowest BCUT2D eigenvalue weighted by atomic mass is 9.93. The van der Waals surface area contributed by atoms with E-state index in [0.717, 1.165) is 24.0 Å². The molecule has 8 rings (SSSR count). The fourth-order valence-electron chi connectivity index (χ4n) is 7.56. The maximum Gasteiger partial charge on any atom is 0.417 e. The highest BCUT2D eigenvalue weighted by Gasteiger charge is 2.49. The molecule has 2 N–H and O–H groups in total. The van der Waals surface area contributed by atoms with Gasteiger partial charge in [0.05, 0.1) is 34.3 Å². The SMILES string of the molecule is C[C@@H]1C[C@H]1c1cc2c(c(C(F)(F)F)c1)C(=O)N1CCNC[C@H]21.C[C@H]1C[C@@H]1c1cc2c(c(C(F)(F)F)c1)C(=O)N1CCNC[C@@H]21.Cl.Cl. The summed E-state index contributed by atoms with van der Waals surface area (Å²) in [5, 5.41) is 6.35. The summed E-state index contributed by atoms with van der Waals surface area (Å²) >= 11 is 0. The van der Waals surface area contributed by atoms with Gasteiger partial charge in [0.15, 0.2) is 0 Å². The summed E-state index contributed by atoms with van der Waals surface area (Å²) in [5.74, 6) is 0.321. The standard InChI is InChI=1S/2C16H17F3N2O.2ClH/c2*1-8-4-10(8)9-5-11-13-7-20-2-3-21(13)15(22)14(11)12(6-9)16(17,18)19;;/h2*5-6,8,10,13,20H,2-4,7H2,1H3;2*1H/t2*8-,10-,13-;;/m10../s1. The van der Waals surface area contributed by atoms with Crippen LogP contribution in [0.2, 0.25) is 0 Å². The monoisotopic (exact) mass is 692 g/mol. The van der Waals surface area contributed by atoms with Crippen molar-refractivity contribution in [3.8, 4) is 0 Å². The van der Waals surface area contributed by atoms with Crippen LogP contribution in [0.4, 0.5) is 26.3 Å². The minimum absolute atomic E-state index is 0. The average molecular weight is 694 g/mol. The Morgan fingerprint density at radius 2 is 1.00 bits per heavy atom. The van der Waals surface area contributed by atoms with E-state index in [1.54, 1.807) is 9.80 Å². The van der Waals surface area contributed by atoms with E-state index in [2.05, 4.69) is 10.6 Å². The van der Waals surface area contributed by atoms with Gasteiger partial charge in [0.2, 0.25) is 0 Å². The number of rotatable bonds is 2. The summed E-state index contributed by atoms with van der Waals surface area (Å²) in [6, 6.07) is 5.58. The molecule has 0 spiro atoms. The molecule has 46 heavy (non-hydrogen) atoms. The number of nitrogens with one attached hydrogen (secondary N) is 2. The second-order valence-corrected chi connectivity index (χ2v) is 13.1. The Balaban J connectivity index is 0.000000174. The summed E-state index contributed by atoms with van der Waals surface area (Å²) < 4.78 is 80.8. The molecule has 2 aromatic carbocycles. The molecule has 2 saturated heterocycles. The van der Waals surface area contributed by atoms with Crippen molar-refractivity contribution < 1.29 is 35.9 Å². The third kappa shape index (κ3) is 5.88. The number of hydrogen-bond acceptors (Lipinski definition) is 4. The molecule has 0 unspecified atom stereocenters. The van der Waals surface area contributed by atoms with E-state index in [0.29, 0.717) is 62.2 Å². The third-order valence-corrected chi connectivity index (χ3v) is 10.2. The largest absolute Gasteiger partial charge is 0.417 e. The molecule has 6 atom stereocenters. The molecule has 2 saturated carbocycles. The van der Waals surface area contributed by atoms with Crippen molar-refractivity contribution >= 4 is 36.6 Å². The van der Waals surface area contributed by atoms with Crippen molar-refractivity contribution in [2.45, 2.75) is 63.0 Å². The van der Waals surface area contributed by atoms with E-state index >= 15 is 0 Å². The van der Waals surface area contributed by atoms with Crippen LogP contribution < -0.4 is 10.6 Å².